The maximum absolute atomic E-state index is 6.02. The number of ether oxygens (including phenoxy) is 1. The van der Waals surface area contributed by atoms with E-state index in [-0.39, 0.29) is 0 Å². The van der Waals surface area contributed by atoms with E-state index in [0.29, 0.717) is 11.6 Å². The van der Waals surface area contributed by atoms with Crippen LogP contribution in [-0.4, -0.2) is 19.7 Å². The van der Waals surface area contributed by atoms with E-state index in [1.165, 1.54) is 5.56 Å². The number of rotatable bonds is 8. The Bertz CT molecular complexity index is 1170. The average Bonchev–Trinajstić information content (AvgIpc) is 3.39. The summed E-state index contributed by atoms with van der Waals surface area (Å²) in [7, 11) is 0. The van der Waals surface area contributed by atoms with Crippen molar-refractivity contribution >= 4 is 34.7 Å². The second kappa shape index (κ2) is 9.85. The first kappa shape index (κ1) is 21.9. The number of halogens is 1. The van der Waals surface area contributed by atoms with Crippen LogP contribution in [0.5, 0.6) is 5.75 Å². The number of thiazole rings is 1. The highest BCUT2D eigenvalue weighted by molar-refractivity contribution is 7.98. The van der Waals surface area contributed by atoms with E-state index >= 15 is 0 Å². The number of thioether (sulfide) groups is 1. The second-order valence-corrected chi connectivity index (χ2v) is 9.38. The Kier molecular flexibility index (Phi) is 6.95. The maximum atomic E-state index is 6.02. The molecule has 0 unspecified atom stereocenters. The molecule has 0 aliphatic heterocycles. The zero-order chi connectivity index (χ0) is 21.8. The van der Waals surface area contributed by atoms with E-state index in [1.807, 2.05) is 25.1 Å². The van der Waals surface area contributed by atoms with Gasteiger partial charge in [-0.25, -0.2) is 4.98 Å². The van der Waals surface area contributed by atoms with Crippen LogP contribution in [-0.2, 0) is 18.9 Å². The normalized spacial score (nSPS) is 11.1. The van der Waals surface area contributed by atoms with Crippen molar-refractivity contribution in [3.63, 3.8) is 0 Å². The zero-order valence-electron chi connectivity index (χ0n) is 17.6. The predicted molar refractivity (Wildman–Crippen MR) is 128 cm³/mol. The molecule has 0 saturated carbocycles. The standard InChI is InChI=1S/C23H23ClN4OS2/c1-4-28-21(12-29-20-10-9-18(24)11-16(20)3)26-27-23(28)31-14-19-13-30-22(25-19)17-7-5-15(2)6-8-17/h5-11,13H,4,12,14H2,1-3H3. The van der Waals surface area contributed by atoms with Gasteiger partial charge in [0.15, 0.2) is 11.0 Å². The lowest BCUT2D eigenvalue weighted by molar-refractivity contribution is 0.286. The van der Waals surface area contributed by atoms with Gasteiger partial charge in [0.25, 0.3) is 0 Å². The van der Waals surface area contributed by atoms with E-state index in [0.717, 1.165) is 50.9 Å². The van der Waals surface area contributed by atoms with Crippen molar-refractivity contribution in [2.45, 2.75) is 44.8 Å². The zero-order valence-corrected chi connectivity index (χ0v) is 20.0. The lowest BCUT2D eigenvalue weighted by Gasteiger charge is -2.10. The summed E-state index contributed by atoms with van der Waals surface area (Å²) in [6, 6.07) is 14.1. The molecule has 5 nitrogen and oxygen atoms in total. The molecule has 0 aliphatic carbocycles. The van der Waals surface area contributed by atoms with Crippen LogP contribution in [0.25, 0.3) is 10.6 Å². The molecule has 0 N–H and O–H groups in total. The molecule has 160 valence electrons. The number of aryl methyl sites for hydroxylation is 2. The molecule has 0 amide bonds. The van der Waals surface area contributed by atoms with E-state index in [4.69, 9.17) is 21.3 Å². The molecule has 0 fully saturated rings. The van der Waals surface area contributed by atoms with Crippen molar-refractivity contribution in [1.82, 2.24) is 19.7 Å². The van der Waals surface area contributed by atoms with Crippen molar-refractivity contribution in [3.05, 3.63) is 75.5 Å². The van der Waals surface area contributed by atoms with Crippen LogP contribution < -0.4 is 4.74 Å². The van der Waals surface area contributed by atoms with Gasteiger partial charge in [-0.15, -0.1) is 21.5 Å². The van der Waals surface area contributed by atoms with Gasteiger partial charge in [-0.1, -0.05) is 53.2 Å². The largest absolute Gasteiger partial charge is 0.485 e. The molecule has 0 radical (unpaired) electrons. The molecule has 0 spiro atoms. The molecule has 0 aliphatic rings. The van der Waals surface area contributed by atoms with Gasteiger partial charge in [-0.3, -0.25) is 0 Å². The van der Waals surface area contributed by atoms with Gasteiger partial charge < -0.3 is 9.30 Å². The Morgan fingerprint density at radius 2 is 1.90 bits per heavy atom. The van der Waals surface area contributed by atoms with Crippen LogP contribution in [0, 0.1) is 13.8 Å². The Balaban J connectivity index is 1.40. The minimum Gasteiger partial charge on any atom is -0.485 e. The van der Waals surface area contributed by atoms with Gasteiger partial charge >= 0.3 is 0 Å². The Hall–Kier alpha value is -2.35. The molecular formula is C23H23ClN4OS2. The van der Waals surface area contributed by atoms with E-state index < -0.39 is 0 Å². The number of aromatic nitrogens is 4. The van der Waals surface area contributed by atoms with Gasteiger partial charge in [-0.05, 0) is 44.5 Å². The molecule has 0 bridgehead atoms. The van der Waals surface area contributed by atoms with E-state index in [9.17, 15) is 0 Å². The minimum absolute atomic E-state index is 0.359. The quantitative estimate of drug-likeness (QED) is 0.273. The topological polar surface area (TPSA) is 52.8 Å². The third kappa shape index (κ3) is 5.29. The van der Waals surface area contributed by atoms with Gasteiger partial charge in [0.1, 0.15) is 17.4 Å². The van der Waals surface area contributed by atoms with Gasteiger partial charge in [0, 0.05) is 28.3 Å². The molecule has 4 aromatic rings. The Labute approximate surface area is 195 Å². The summed E-state index contributed by atoms with van der Waals surface area (Å²) in [4.78, 5) is 4.79. The lowest BCUT2D eigenvalue weighted by atomic mass is 10.2. The maximum Gasteiger partial charge on any atom is 0.191 e. The predicted octanol–water partition coefficient (Wildman–Crippen LogP) is 6.56. The number of hydrogen-bond donors (Lipinski definition) is 0. The van der Waals surface area contributed by atoms with E-state index in [2.05, 4.69) is 58.3 Å². The van der Waals surface area contributed by atoms with Gasteiger partial charge in [-0.2, -0.15) is 0 Å². The van der Waals surface area contributed by atoms with Crippen LogP contribution in [0.4, 0.5) is 0 Å². The van der Waals surface area contributed by atoms with Crippen molar-refractivity contribution < 1.29 is 4.74 Å². The fraction of sp³-hybridized carbons (Fsp3) is 0.261. The highest BCUT2D eigenvalue weighted by Gasteiger charge is 2.14. The van der Waals surface area contributed by atoms with Crippen molar-refractivity contribution in [3.8, 4) is 16.3 Å². The molecule has 0 saturated heterocycles. The van der Waals surface area contributed by atoms with Crippen LogP contribution >= 0.6 is 34.7 Å². The number of hydrogen-bond acceptors (Lipinski definition) is 6. The first-order valence-corrected chi connectivity index (χ1v) is 12.2. The molecule has 2 aromatic carbocycles. The molecule has 8 heteroatoms. The first-order valence-electron chi connectivity index (χ1n) is 9.98. The summed E-state index contributed by atoms with van der Waals surface area (Å²) in [5.74, 6) is 2.35. The highest BCUT2D eigenvalue weighted by Crippen LogP contribution is 2.28. The SMILES string of the molecule is CCn1c(COc2ccc(Cl)cc2C)nnc1SCc1csc(-c2ccc(C)cc2)n1. The molecule has 0 atom stereocenters. The fourth-order valence-electron chi connectivity index (χ4n) is 3.11. The van der Waals surface area contributed by atoms with Crippen LogP contribution in [0.3, 0.4) is 0 Å². The molecule has 2 heterocycles. The van der Waals surface area contributed by atoms with Crippen molar-refractivity contribution in [2.24, 2.45) is 0 Å². The smallest absolute Gasteiger partial charge is 0.191 e. The van der Waals surface area contributed by atoms with Gasteiger partial charge in [0.05, 0.1) is 5.69 Å². The first-order chi connectivity index (χ1) is 15.0. The molecule has 4 rings (SSSR count). The summed E-state index contributed by atoms with van der Waals surface area (Å²) in [5, 5.41) is 13.5. The number of benzene rings is 2. The third-order valence-corrected chi connectivity index (χ3v) is 6.98. The Morgan fingerprint density at radius 3 is 2.65 bits per heavy atom. The van der Waals surface area contributed by atoms with Crippen molar-refractivity contribution in [2.75, 3.05) is 0 Å². The van der Waals surface area contributed by atoms with Crippen LogP contribution in [0.1, 0.15) is 29.6 Å². The minimum atomic E-state index is 0.359. The highest BCUT2D eigenvalue weighted by atomic mass is 35.5. The molecule has 31 heavy (non-hydrogen) atoms. The molecular weight excluding hydrogens is 448 g/mol. The number of nitrogens with zero attached hydrogens (tertiary/aromatic N) is 4. The van der Waals surface area contributed by atoms with Crippen LogP contribution in [0.2, 0.25) is 5.02 Å². The summed E-state index contributed by atoms with van der Waals surface area (Å²) < 4.78 is 8.04. The lowest BCUT2D eigenvalue weighted by Crippen LogP contribution is -2.07. The average molecular weight is 471 g/mol. The third-order valence-electron chi connectivity index (χ3n) is 4.80. The van der Waals surface area contributed by atoms with Crippen LogP contribution in [0.15, 0.2) is 53.0 Å². The van der Waals surface area contributed by atoms with Crippen molar-refractivity contribution in [1.29, 1.82) is 0 Å². The monoisotopic (exact) mass is 470 g/mol. The Morgan fingerprint density at radius 1 is 1.10 bits per heavy atom. The molecule has 2 aromatic heterocycles. The second-order valence-electron chi connectivity index (χ2n) is 7.14. The van der Waals surface area contributed by atoms with E-state index in [1.54, 1.807) is 23.1 Å². The summed E-state index contributed by atoms with van der Waals surface area (Å²) >= 11 is 9.34. The summed E-state index contributed by atoms with van der Waals surface area (Å²) in [6.07, 6.45) is 0. The van der Waals surface area contributed by atoms with Gasteiger partial charge in [0.2, 0.25) is 0 Å². The summed E-state index contributed by atoms with van der Waals surface area (Å²) in [5.41, 5.74) is 4.45. The summed E-state index contributed by atoms with van der Waals surface area (Å²) in [6.45, 7) is 7.29. The fourth-order valence-corrected chi connectivity index (χ4v) is 5.18.